The Bertz CT molecular complexity index is 859. The molecule has 116 valence electrons. The van der Waals surface area contributed by atoms with E-state index >= 15 is 0 Å². The van der Waals surface area contributed by atoms with Crippen molar-refractivity contribution >= 4 is 33.2 Å². The summed E-state index contributed by atoms with van der Waals surface area (Å²) in [6.45, 7) is 0.406. The van der Waals surface area contributed by atoms with Crippen LogP contribution in [0.5, 0.6) is 0 Å². The Kier molecular flexibility index (Phi) is 4.36. The van der Waals surface area contributed by atoms with E-state index in [1.54, 1.807) is 23.7 Å². The van der Waals surface area contributed by atoms with Crippen molar-refractivity contribution in [3.63, 3.8) is 0 Å². The highest BCUT2D eigenvalue weighted by atomic mass is 32.1. The second-order valence-corrected chi connectivity index (χ2v) is 6.06. The lowest BCUT2D eigenvalue weighted by Crippen LogP contribution is -2.22. The van der Waals surface area contributed by atoms with Crippen molar-refractivity contribution in [2.45, 2.75) is 6.54 Å². The molecular formula is C17H14N2O3S. The number of carbonyl (C=O) groups is 2. The van der Waals surface area contributed by atoms with Crippen molar-refractivity contribution in [3.05, 3.63) is 70.6 Å². The lowest BCUT2D eigenvalue weighted by molar-refractivity contribution is 0.0711. The van der Waals surface area contributed by atoms with Gasteiger partial charge in [-0.2, -0.15) is 0 Å². The first kappa shape index (κ1) is 15.2. The number of benzene rings is 2. The number of hydrogen-bond donors (Lipinski definition) is 3. The Labute approximate surface area is 136 Å². The minimum Gasteiger partial charge on any atom is -0.348 e. The molecule has 0 atom stereocenters. The molecule has 0 aliphatic carbocycles. The third kappa shape index (κ3) is 3.39. The maximum atomic E-state index is 12.0. The Morgan fingerprint density at radius 2 is 1.78 bits per heavy atom. The Hall–Kier alpha value is -2.70. The molecule has 0 spiro atoms. The smallest absolute Gasteiger partial charge is 0.284 e. The molecule has 0 saturated carbocycles. The monoisotopic (exact) mass is 326 g/mol. The summed E-state index contributed by atoms with van der Waals surface area (Å²) in [5, 5.41) is 12.5. The van der Waals surface area contributed by atoms with Crippen LogP contribution in [0.15, 0.2) is 54.6 Å². The maximum absolute atomic E-state index is 12.0. The topological polar surface area (TPSA) is 78.4 Å². The molecule has 3 N–H and O–H groups in total. The third-order valence-corrected chi connectivity index (χ3v) is 4.50. The van der Waals surface area contributed by atoms with Gasteiger partial charge in [0.15, 0.2) is 0 Å². The Morgan fingerprint density at radius 3 is 2.52 bits per heavy atom. The van der Waals surface area contributed by atoms with E-state index in [1.165, 1.54) is 11.3 Å². The normalized spacial score (nSPS) is 10.5. The molecule has 0 radical (unpaired) electrons. The van der Waals surface area contributed by atoms with Crippen LogP contribution in [-0.4, -0.2) is 17.0 Å². The number of fused-ring (bicyclic) bond motifs is 1. The molecule has 3 aromatic rings. The van der Waals surface area contributed by atoms with Crippen LogP contribution in [0.4, 0.5) is 0 Å². The van der Waals surface area contributed by atoms with Crippen LogP contribution in [0.1, 0.15) is 25.6 Å². The fraction of sp³-hybridized carbons (Fsp3) is 0.0588. The molecule has 1 heterocycles. The van der Waals surface area contributed by atoms with Crippen LogP contribution in [0, 0.1) is 0 Å². The molecule has 0 aliphatic heterocycles. The lowest BCUT2D eigenvalue weighted by Gasteiger charge is -2.05. The first-order chi connectivity index (χ1) is 11.2. The molecule has 0 fully saturated rings. The van der Waals surface area contributed by atoms with E-state index in [4.69, 9.17) is 5.21 Å². The molecule has 1 aromatic heterocycles. The zero-order chi connectivity index (χ0) is 16.2. The fourth-order valence-corrected chi connectivity index (χ4v) is 3.24. The predicted octanol–water partition coefficient (Wildman–Crippen LogP) is 2.95. The highest BCUT2D eigenvalue weighted by Gasteiger charge is 2.10. The van der Waals surface area contributed by atoms with Gasteiger partial charge in [-0.3, -0.25) is 14.8 Å². The van der Waals surface area contributed by atoms with Crippen molar-refractivity contribution in [1.82, 2.24) is 10.8 Å². The summed E-state index contributed by atoms with van der Waals surface area (Å²) >= 11 is 1.29. The van der Waals surface area contributed by atoms with E-state index in [0.717, 1.165) is 15.6 Å². The predicted molar refractivity (Wildman–Crippen MR) is 88.7 cm³/mol. The summed E-state index contributed by atoms with van der Waals surface area (Å²) in [4.78, 5) is 23.9. The van der Waals surface area contributed by atoms with Gasteiger partial charge in [-0.05, 0) is 35.2 Å². The standard InChI is InChI=1S/C17H14N2O3S/c20-16(12-4-2-1-3-5-12)18-10-11-6-7-13-9-15(17(21)19-22)23-14(13)8-11/h1-9,22H,10H2,(H,18,20)(H,19,21). The summed E-state index contributed by atoms with van der Waals surface area (Å²) < 4.78 is 0.926. The number of rotatable bonds is 4. The number of nitrogens with one attached hydrogen (secondary N) is 2. The molecule has 5 nitrogen and oxygen atoms in total. The van der Waals surface area contributed by atoms with Gasteiger partial charge in [-0.1, -0.05) is 30.3 Å². The van der Waals surface area contributed by atoms with E-state index in [0.29, 0.717) is 17.0 Å². The maximum Gasteiger partial charge on any atom is 0.284 e. The van der Waals surface area contributed by atoms with Gasteiger partial charge in [-0.25, -0.2) is 5.48 Å². The molecule has 0 bridgehead atoms. The summed E-state index contributed by atoms with van der Waals surface area (Å²) in [6, 6.07) is 16.5. The van der Waals surface area contributed by atoms with E-state index in [2.05, 4.69) is 5.32 Å². The van der Waals surface area contributed by atoms with Crippen LogP contribution in [0.25, 0.3) is 10.1 Å². The molecule has 0 aliphatic rings. The molecule has 0 unspecified atom stereocenters. The summed E-state index contributed by atoms with van der Waals surface area (Å²) in [6.07, 6.45) is 0. The zero-order valence-electron chi connectivity index (χ0n) is 12.1. The molecular weight excluding hydrogens is 312 g/mol. The van der Waals surface area contributed by atoms with Gasteiger partial charge in [0.05, 0.1) is 4.88 Å². The van der Waals surface area contributed by atoms with Gasteiger partial charge in [0.2, 0.25) is 0 Å². The molecule has 6 heteroatoms. The van der Waals surface area contributed by atoms with Crippen LogP contribution in [-0.2, 0) is 6.54 Å². The molecule has 3 rings (SSSR count). The quantitative estimate of drug-likeness (QED) is 0.509. The highest BCUT2D eigenvalue weighted by molar-refractivity contribution is 7.20. The van der Waals surface area contributed by atoms with E-state index in [-0.39, 0.29) is 5.91 Å². The van der Waals surface area contributed by atoms with Gasteiger partial charge in [0.1, 0.15) is 0 Å². The van der Waals surface area contributed by atoms with Crippen LogP contribution in [0.2, 0.25) is 0 Å². The Balaban J connectivity index is 1.73. The van der Waals surface area contributed by atoms with Crippen LogP contribution < -0.4 is 10.8 Å². The molecule has 23 heavy (non-hydrogen) atoms. The van der Waals surface area contributed by atoms with E-state index < -0.39 is 5.91 Å². The zero-order valence-corrected chi connectivity index (χ0v) is 12.9. The van der Waals surface area contributed by atoms with Gasteiger partial charge >= 0.3 is 0 Å². The molecule has 2 aromatic carbocycles. The second-order valence-electron chi connectivity index (χ2n) is 4.97. The number of thiophene rings is 1. The van der Waals surface area contributed by atoms with Crippen LogP contribution >= 0.6 is 11.3 Å². The van der Waals surface area contributed by atoms with Gasteiger partial charge in [-0.15, -0.1) is 11.3 Å². The lowest BCUT2D eigenvalue weighted by atomic mass is 10.1. The third-order valence-electron chi connectivity index (χ3n) is 3.40. The average molecular weight is 326 g/mol. The highest BCUT2D eigenvalue weighted by Crippen LogP contribution is 2.26. The van der Waals surface area contributed by atoms with Crippen molar-refractivity contribution in [2.75, 3.05) is 0 Å². The summed E-state index contributed by atoms with van der Waals surface area (Å²) in [7, 11) is 0. The first-order valence-corrected chi connectivity index (χ1v) is 7.79. The van der Waals surface area contributed by atoms with Crippen molar-refractivity contribution in [3.8, 4) is 0 Å². The van der Waals surface area contributed by atoms with Crippen molar-refractivity contribution in [2.24, 2.45) is 0 Å². The summed E-state index contributed by atoms with van der Waals surface area (Å²) in [5.74, 6) is -0.651. The van der Waals surface area contributed by atoms with Crippen molar-refractivity contribution in [1.29, 1.82) is 0 Å². The fourth-order valence-electron chi connectivity index (χ4n) is 2.23. The second kappa shape index (κ2) is 6.60. The van der Waals surface area contributed by atoms with E-state index in [9.17, 15) is 9.59 Å². The molecule has 0 saturated heterocycles. The van der Waals surface area contributed by atoms with Gasteiger partial charge in [0.25, 0.3) is 11.8 Å². The SMILES string of the molecule is O=C(NCc1ccc2cc(C(=O)NO)sc2c1)c1ccccc1. The van der Waals surface area contributed by atoms with E-state index in [1.807, 2.05) is 36.4 Å². The van der Waals surface area contributed by atoms with Gasteiger partial charge < -0.3 is 5.32 Å². The number of amides is 2. The minimum atomic E-state index is -0.523. The number of hydrogen-bond acceptors (Lipinski definition) is 4. The summed E-state index contributed by atoms with van der Waals surface area (Å²) in [5.41, 5.74) is 3.19. The van der Waals surface area contributed by atoms with Crippen LogP contribution in [0.3, 0.4) is 0 Å². The number of carbonyl (C=O) groups excluding carboxylic acids is 2. The largest absolute Gasteiger partial charge is 0.348 e. The number of hydroxylamine groups is 1. The minimum absolute atomic E-state index is 0.128. The first-order valence-electron chi connectivity index (χ1n) is 6.97. The van der Waals surface area contributed by atoms with Crippen molar-refractivity contribution < 1.29 is 14.8 Å². The average Bonchev–Trinajstić information content (AvgIpc) is 3.03. The van der Waals surface area contributed by atoms with Gasteiger partial charge in [0, 0.05) is 16.8 Å². The molecule has 2 amide bonds. The Morgan fingerprint density at radius 1 is 1.00 bits per heavy atom.